The number of benzene rings is 1. The molecule has 0 saturated heterocycles. The molecule has 0 aliphatic rings. The van der Waals surface area contributed by atoms with Gasteiger partial charge in [-0.05, 0) is 40.2 Å². The number of rotatable bonds is 3. The second kappa shape index (κ2) is 5.14. The lowest BCUT2D eigenvalue weighted by Gasteiger charge is -2.10. The third-order valence-electron chi connectivity index (χ3n) is 2.25. The highest BCUT2D eigenvalue weighted by Crippen LogP contribution is 2.27. The molecule has 18 heavy (non-hydrogen) atoms. The Balaban J connectivity index is 2.37. The molecule has 0 aliphatic heterocycles. The first-order valence-electron chi connectivity index (χ1n) is 4.97. The van der Waals surface area contributed by atoms with Crippen molar-refractivity contribution in [2.45, 2.75) is 0 Å². The molecular formula is C12H8BrFN2O2. The maximum atomic E-state index is 12.9. The van der Waals surface area contributed by atoms with Gasteiger partial charge in [-0.1, -0.05) is 0 Å². The van der Waals surface area contributed by atoms with Gasteiger partial charge in [-0.15, -0.1) is 0 Å². The van der Waals surface area contributed by atoms with Gasteiger partial charge in [-0.3, -0.25) is 4.98 Å². The monoisotopic (exact) mass is 310 g/mol. The van der Waals surface area contributed by atoms with Crippen molar-refractivity contribution in [3.8, 4) is 0 Å². The number of nitrogens with zero attached hydrogens (tertiary/aromatic N) is 1. The van der Waals surface area contributed by atoms with Crippen molar-refractivity contribution in [1.82, 2.24) is 4.98 Å². The van der Waals surface area contributed by atoms with Gasteiger partial charge < -0.3 is 10.4 Å². The van der Waals surface area contributed by atoms with Crippen LogP contribution in [0.4, 0.5) is 15.8 Å². The van der Waals surface area contributed by atoms with Gasteiger partial charge in [0.2, 0.25) is 0 Å². The highest BCUT2D eigenvalue weighted by atomic mass is 79.9. The second-order valence-electron chi connectivity index (χ2n) is 3.48. The molecule has 0 fully saturated rings. The molecule has 2 rings (SSSR count). The van der Waals surface area contributed by atoms with E-state index in [0.29, 0.717) is 15.8 Å². The number of aromatic nitrogens is 1. The molecule has 1 heterocycles. The first kappa shape index (κ1) is 12.5. The average Bonchev–Trinajstić information content (AvgIpc) is 2.33. The minimum absolute atomic E-state index is 0.0497. The van der Waals surface area contributed by atoms with Crippen LogP contribution in [-0.2, 0) is 0 Å². The van der Waals surface area contributed by atoms with E-state index in [1.165, 1.54) is 30.6 Å². The zero-order valence-electron chi connectivity index (χ0n) is 9.02. The van der Waals surface area contributed by atoms with E-state index in [4.69, 9.17) is 5.11 Å². The van der Waals surface area contributed by atoms with Gasteiger partial charge in [0.1, 0.15) is 11.4 Å². The Morgan fingerprint density at radius 3 is 2.78 bits per heavy atom. The molecule has 0 radical (unpaired) electrons. The van der Waals surface area contributed by atoms with Crippen molar-refractivity contribution >= 4 is 33.3 Å². The fraction of sp³-hybridized carbons (Fsp3) is 0. The first-order chi connectivity index (χ1) is 8.58. The van der Waals surface area contributed by atoms with Gasteiger partial charge in [0.25, 0.3) is 0 Å². The largest absolute Gasteiger partial charge is 0.478 e. The number of nitrogens with one attached hydrogen (secondary N) is 1. The summed E-state index contributed by atoms with van der Waals surface area (Å²) in [6, 6.07) is 5.64. The van der Waals surface area contributed by atoms with Gasteiger partial charge in [-0.25, -0.2) is 9.18 Å². The fourth-order valence-electron chi connectivity index (χ4n) is 1.41. The summed E-state index contributed by atoms with van der Waals surface area (Å²) in [5.41, 5.74) is 1.02. The molecule has 4 nitrogen and oxygen atoms in total. The van der Waals surface area contributed by atoms with Crippen molar-refractivity contribution < 1.29 is 14.3 Å². The number of carbonyl (C=O) groups is 1. The molecule has 2 aromatic rings. The zero-order valence-corrected chi connectivity index (χ0v) is 10.6. The molecule has 0 unspecified atom stereocenters. The Hall–Kier alpha value is -1.95. The lowest BCUT2D eigenvalue weighted by molar-refractivity contribution is 0.0697. The standard InChI is InChI=1S/C12H8BrFN2O2/c13-9-5-7(14)1-2-11(9)16-10-3-4-15-6-8(10)12(17)18/h1-6H,(H,15,16)(H,17,18). The molecule has 0 amide bonds. The van der Waals surface area contributed by atoms with Crippen LogP contribution in [0.1, 0.15) is 10.4 Å². The Bertz CT molecular complexity index is 604. The minimum atomic E-state index is -1.08. The Labute approximate surface area is 111 Å². The summed E-state index contributed by atoms with van der Waals surface area (Å²) in [4.78, 5) is 14.8. The van der Waals surface area contributed by atoms with Gasteiger partial charge in [-0.2, -0.15) is 0 Å². The third-order valence-corrected chi connectivity index (χ3v) is 2.91. The van der Waals surface area contributed by atoms with E-state index in [2.05, 4.69) is 26.2 Å². The maximum absolute atomic E-state index is 12.9. The average molecular weight is 311 g/mol. The molecule has 0 saturated carbocycles. The number of aromatic carboxylic acids is 1. The van der Waals surface area contributed by atoms with Crippen LogP contribution in [0.5, 0.6) is 0 Å². The zero-order chi connectivity index (χ0) is 13.1. The lowest BCUT2D eigenvalue weighted by Crippen LogP contribution is -2.03. The molecule has 1 aromatic carbocycles. The third kappa shape index (κ3) is 2.65. The number of carboxylic acids is 1. The van der Waals surface area contributed by atoms with Gasteiger partial charge in [0.15, 0.2) is 0 Å². The van der Waals surface area contributed by atoms with Gasteiger partial charge >= 0.3 is 5.97 Å². The Kier molecular flexibility index (Phi) is 3.57. The van der Waals surface area contributed by atoms with Crippen LogP contribution >= 0.6 is 15.9 Å². The van der Waals surface area contributed by atoms with E-state index in [9.17, 15) is 9.18 Å². The van der Waals surface area contributed by atoms with E-state index in [0.717, 1.165) is 0 Å². The predicted molar refractivity (Wildman–Crippen MR) is 68.6 cm³/mol. The van der Waals surface area contributed by atoms with Crippen molar-refractivity contribution in [3.05, 3.63) is 52.5 Å². The van der Waals surface area contributed by atoms with Crippen LogP contribution in [0.3, 0.4) is 0 Å². The molecule has 0 atom stereocenters. The van der Waals surface area contributed by atoms with Crippen molar-refractivity contribution in [2.24, 2.45) is 0 Å². The molecule has 6 heteroatoms. The molecule has 0 aliphatic carbocycles. The number of halogens is 2. The molecule has 2 N–H and O–H groups in total. The van der Waals surface area contributed by atoms with Crippen LogP contribution in [0.2, 0.25) is 0 Å². The van der Waals surface area contributed by atoms with Crippen LogP contribution in [0, 0.1) is 5.82 Å². The van der Waals surface area contributed by atoms with E-state index in [-0.39, 0.29) is 11.4 Å². The topological polar surface area (TPSA) is 62.2 Å². The quantitative estimate of drug-likeness (QED) is 0.911. The maximum Gasteiger partial charge on any atom is 0.339 e. The normalized spacial score (nSPS) is 10.1. The Morgan fingerprint density at radius 1 is 1.33 bits per heavy atom. The summed E-state index contributed by atoms with van der Waals surface area (Å²) in [6.07, 6.45) is 2.73. The summed E-state index contributed by atoms with van der Waals surface area (Å²) < 4.78 is 13.4. The summed E-state index contributed by atoms with van der Waals surface area (Å²) in [7, 11) is 0. The van der Waals surface area contributed by atoms with Gasteiger partial charge in [0.05, 0.1) is 11.4 Å². The SMILES string of the molecule is O=C(O)c1cnccc1Nc1ccc(F)cc1Br. The number of hydrogen-bond acceptors (Lipinski definition) is 3. The number of anilines is 2. The van der Waals surface area contributed by atoms with Crippen LogP contribution in [0.15, 0.2) is 41.1 Å². The van der Waals surface area contributed by atoms with Crippen molar-refractivity contribution in [2.75, 3.05) is 5.32 Å². The summed E-state index contributed by atoms with van der Waals surface area (Å²) >= 11 is 3.20. The fourth-order valence-corrected chi connectivity index (χ4v) is 1.86. The number of hydrogen-bond donors (Lipinski definition) is 2. The summed E-state index contributed by atoms with van der Waals surface area (Å²) in [5, 5.41) is 11.9. The molecule has 0 spiro atoms. The molecular weight excluding hydrogens is 303 g/mol. The number of pyridine rings is 1. The van der Waals surface area contributed by atoms with Crippen LogP contribution in [-0.4, -0.2) is 16.1 Å². The molecule has 1 aromatic heterocycles. The van der Waals surface area contributed by atoms with Crippen LogP contribution < -0.4 is 5.32 Å². The summed E-state index contributed by atoms with van der Waals surface area (Å²) in [5.74, 6) is -1.45. The van der Waals surface area contributed by atoms with E-state index >= 15 is 0 Å². The summed E-state index contributed by atoms with van der Waals surface area (Å²) in [6.45, 7) is 0. The molecule has 92 valence electrons. The van der Waals surface area contributed by atoms with E-state index in [1.807, 2.05) is 0 Å². The smallest absolute Gasteiger partial charge is 0.339 e. The first-order valence-corrected chi connectivity index (χ1v) is 5.76. The number of carboxylic acid groups (broad SMARTS) is 1. The van der Waals surface area contributed by atoms with Crippen molar-refractivity contribution in [3.63, 3.8) is 0 Å². The predicted octanol–water partition coefficient (Wildman–Crippen LogP) is 3.43. The second-order valence-corrected chi connectivity index (χ2v) is 4.33. The highest BCUT2D eigenvalue weighted by Gasteiger charge is 2.11. The van der Waals surface area contributed by atoms with E-state index < -0.39 is 5.97 Å². The van der Waals surface area contributed by atoms with E-state index in [1.54, 1.807) is 6.07 Å². The van der Waals surface area contributed by atoms with Crippen molar-refractivity contribution in [1.29, 1.82) is 0 Å². The molecule has 0 bridgehead atoms. The Morgan fingerprint density at radius 2 is 2.11 bits per heavy atom. The van der Waals surface area contributed by atoms with Gasteiger partial charge in [0, 0.05) is 16.9 Å². The van der Waals surface area contributed by atoms with Crippen LogP contribution in [0.25, 0.3) is 0 Å². The minimum Gasteiger partial charge on any atom is -0.478 e. The highest BCUT2D eigenvalue weighted by molar-refractivity contribution is 9.10. The lowest BCUT2D eigenvalue weighted by atomic mass is 10.2.